The molecule has 7 nitrogen and oxygen atoms in total. The molecule has 5 N–H and O–H groups in total. The monoisotopic (exact) mass is 273 g/mol. The Hall–Kier alpha value is -1.80. The summed E-state index contributed by atoms with van der Waals surface area (Å²) >= 11 is 0. The smallest absolute Gasteiger partial charge is 0.307 e. The van der Waals surface area contributed by atoms with Crippen molar-refractivity contribution in [2.75, 3.05) is 24.7 Å². The second-order valence-corrected chi connectivity index (χ2v) is 5.08. The molecule has 0 aliphatic carbocycles. The molecule has 0 spiro atoms. The number of esters is 1. The van der Waals surface area contributed by atoms with Crippen molar-refractivity contribution in [2.45, 2.75) is 11.3 Å². The van der Waals surface area contributed by atoms with Crippen molar-refractivity contribution in [3.8, 4) is 0 Å². The Morgan fingerprint density at radius 1 is 1.44 bits per heavy atom. The quantitative estimate of drug-likeness (QED) is 0.508. The molecular formula is C10H15N3O4S. The number of nitrogens with one attached hydrogen (secondary N) is 1. The minimum absolute atomic E-state index is 0.0561. The summed E-state index contributed by atoms with van der Waals surface area (Å²) in [6, 6.07) is 4.27. The van der Waals surface area contributed by atoms with Crippen LogP contribution in [0.3, 0.4) is 0 Å². The number of nitrogen functional groups attached to an aromatic ring is 1. The van der Waals surface area contributed by atoms with Crippen LogP contribution in [0.1, 0.15) is 6.42 Å². The second-order valence-electron chi connectivity index (χ2n) is 3.55. The number of methoxy groups -OCH3 is 1. The Kier molecular flexibility index (Phi) is 4.51. The standard InChI is InChI=1S/C10H15N3O4S/c1-17-10(14)4-5-13-7-2-3-9(8(11)6-7)18(12,15)16/h2-3,6,13H,4-5,11H2,1H3,(H2,12,15,16). The second kappa shape index (κ2) is 5.69. The van der Waals surface area contributed by atoms with E-state index in [1.807, 2.05) is 0 Å². The number of rotatable bonds is 5. The number of carbonyl (C=O) groups is 1. The van der Waals surface area contributed by atoms with Gasteiger partial charge in [0.05, 0.1) is 19.2 Å². The molecule has 1 aromatic rings. The molecule has 8 heteroatoms. The molecule has 0 aromatic heterocycles. The van der Waals surface area contributed by atoms with E-state index in [1.165, 1.54) is 25.3 Å². The molecule has 0 radical (unpaired) electrons. The summed E-state index contributed by atoms with van der Waals surface area (Å²) in [5.41, 5.74) is 6.23. The third kappa shape index (κ3) is 3.90. The minimum atomic E-state index is -3.82. The molecule has 0 bridgehead atoms. The number of ether oxygens (including phenoxy) is 1. The molecule has 1 rings (SSSR count). The Labute approximate surface area is 105 Å². The van der Waals surface area contributed by atoms with E-state index in [9.17, 15) is 13.2 Å². The average Bonchev–Trinajstić information content (AvgIpc) is 2.27. The predicted octanol–water partition coefficient (Wildman–Crippen LogP) is -0.109. The maximum atomic E-state index is 11.1. The van der Waals surface area contributed by atoms with Gasteiger partial charge >= 0.3 is 5.97 Å². The van der Waals surface area contributed by atoms with Crippen LogP contribution in [0.2, 0.25) is 0 Å². The highest BCUT2D eigenvalue weighted by Gasteiger charge is 2.12. The molecule has 100 valence electrons. The van der Waals surface area contributed by atoms with Gasteiger partial charge in [0.25, 0.3) is 0 Å². The average molecular weight is 273 g/mol. The Bertz CT molecular complexity index is 542. The number of benzene rings is 1. The molecule has 0 amide bonds. The SMILES string of the molecule is COC(=O)CCNc1ccc(S(N)(=O)=O)c(N)c1. The van der Waals surface area contributed by atoms with Gasteiger partial charge in [0.2, 0.25) is 10.0 Å². The van der Waals surface area contributed by atoms with Gasteiger partial charge in [-0.2, -0.15) is 0 Å². The van der Waals surface area contributed by atoms with E-state index in [-0.39, 0.29) is 23.0 Å². The minimum Gasteiger partial charge on any atom is -0.469 e. The van der Waals surface area contributed by atoms with Gasteiger partial charge in [-0.3, -0.25) is 4.79 Å². The molecule has 0 unspecified atom stereocenters. The zero-order valence-corrected chi connectivity index (χ0v) is 10.7. The molecule has 1 aromatic carbocycles. The lowest BCUT2D eigenvalue weighted by molar-refractivity contribution is -0.140. The number of hydrogen-bond acceptors (Lipinski definition) is 6. The highest BCUT2D eigenvalue weighted by molar-refractivity contribution is 7.89. The van der Waals surface area contributed by atoms with E-state index >= 15 is 0 Å². The first-order chi connectivity index (χ1) is 8.34. The molecular weight excluding hydrogens is 258 g/mol. The van der Waals surface area contributed by atoms with Crippen LogP contribution in [-0.2, 0) is 19.6 Å². The van der Waals surface area contributed by atoms with Crippen molar-refractivity contribution in [1.29, 1.82) is 0 Å². The zero-order valence-electron chi connectivity index (χ0n) is 9.84. The van der Waals surface area contributed by atoms with Crippen LogP contribution < -0.4 is 16.2 Å². The van der Waals surface area contributed by atoms with Gasteiger partial charge in [0.1, 0.15) is 4.90 Å². The van der Waals surface area contributed by atoms with E-state index in [0.717, 1.165) is 0 Å². The molecule has 0 heterocycles. The summed E-state index contributed by atoms with van der Waals surface area (Å²) in [4.78, 5) is 10.7. The van der Waals surface area contributed by atoms with Crippen LogP contribution in [0.4, 0.5) is 11.4 Å². The summed E-state index contributed by atoms with van der Waals surface area (Å²) in [7, 11) is -2.51. The summed E-state index contributed by atoms with van der Waals surface area (Å²) in [5, 5.41) is 7.89. The van der Waals surface area contributed by atoms with E-state index in [0.29, 0.717) is 12.2 Å². The lowest BCUT2D eigenvalue weighted by Crippen LogP contribution is -2.15. The first-order valence-electron chi connectivity index (χ1n) is 5.07. The van der Waals surface area contributed by atoms with Gasteiger partial charge in [-0.15, -0.1) is 0 Å². The van der Waals surface area contributed by atoms with Crippen molar-refractivity contribution in [2.24, 2.45) is 5.14 Å². The fourth-order valence-electron chi connectivity index (χ4n) is 1.33. The van der Waals surface area contributed by atoms with Crippen molar-refractivity contribution in [3.63, 3.8) is 0 Å². The van der Waals surface area contributed by atoms with E-state index in [4.69, 9.17) is 10.9 Å². The van der Waals surface area contributed by atoms with E-state index < -0.39 is 10.0 Å². The Morgan fingerprint density at radius 2 is 2.11 bits per heavy atom. The normalized spacial score (nSPS) is 11.0. The molecule has 18 heavy (non-hydrogen) atoms. The lowest BCUT2D eigenvalue weighted by atomic mass is 10.2. The molecule has 0 saturated carbocycles. The van der Waals surface area contributed by atoms with Gasteiger partial charge in [0, 0.05) is 12.2 Å². The fourth-order valence-corrected chi connectivity index (χ4v) is 1.97. The van der Waals surface area contributed by atoms with E-state index in [1.54, 1.807) is 0 Å². The highest BCUT2D eigenvalue weighted by atomic mass is 32.2. The van der Waals surface area contributed by atoms with Crippen LogP contribution in [0.25, 0.3) is 0 Å². The number of anilines is 2. The number of carbonyl (C=O) groups excluding carboxylic acids is 1. The van der Waals surface area contributed by atoms with Gasteiger partial charge < -0.3 is 15.8 Å². The van der Waals surface area contributed by atoms with Crippen molar-refractivity contribution < 1.29 is 17.9 Å². The summed E-state index contributed by atoms with van der Waals surface area (Å²) in [6.07, 6.45) is 0.202. The fraction of sp³-hybridized carbons (Fsp3) is 0.300. The number of primary sulfonamides is 1. The van der Waals surface area contributed by atoms with Crippen molar-refractivity contribution in [1.82, 2.24) is 0 Å². The summed E-state index contributed by atoms with van der Waals surface area (Å²) < 4.78 is 26.7. The van der Waals surface area contributed by atoms with Gasteiger partial charge in [-0.05, 0) is 18.2 Å². The highest BCUT2D eigenvalue weighted by Crippen LogP contribution is 2.21. The first-order valence-corrected chi connectivity index (χ1v) is 6.62. The molecule has 0 aliphatic heterocycles. The van der Waals surface area contributed by atoms with Crippen molar-refractivity contribution in [3.05, 3.63) is 18.2 Å². The Morgan fingerprint density at radius 3 is 2.61 bits per heavy atom. The number of hydrogen-bond donors (Lipinski definition) is 3. The molecule has 0 saturated heterocycles. The van der Waals surface area contributed by atoms with Crippen LogP contribution in [0.5, 0.6) is 0 Å². The lowest BCUT2D eigenvalue weighted by Gasteiger charge is -2.08. The zero-order chi connectivity index (χ0) is 13.8. The number of nitrogens with two attached hydrogens (primary N) is 2. The van der Waals surface area contributed by atoms with Crippen LogP contribution in [-0.4, -0.2) is 28.0 Å². The first kappa shape index (κ1) is 14.3. The third-order valence-electron chi connectivity index (χ3n) is 2.20. The number of sulfonamides is 1. The van der Waals surface area contributed by atoms with Gasteiger partial charge in [-0.1, -0.05) is 0 Å². The van der Waals surface area contributed by atoms with Crippen molar-refractivity contribution >= 4 is 27.4 Å². The van der Waals surface area contributed by atoms with Crippen LogP contribution in [0.15, 0.2) is 23.1 Å². The van der Waals surface area contributed by atoms with Gasteiger partial charge in [-0.25, -0.2) is 13.6 Å². The maximum Gasteiger partial charge on any atom is 0.307 e. The van der Waals surface area contributed by atoms with Crippen LogP contribution in [0, 0.1) is 0 Å². The molecule has 0 aliphatic rings. The van der Waals surface area contributed by atoms with Gasteiger partial charge in [0.15, 0.2) is 0 Å². The topological polar surface area (TPSA) is 125 Å². The Balaban J connectivity index is 2.71. The third-order valence-corrected chi connectivity index (χ3v) is 3.19. The predicted molar refractivity (Wildman–Crippen MR) is 67.4 cm³/mol. The van der Waals surface area contributed by atoms with Crippen LogP contribution >= 0.6 is 0 Å². The molecule has 0 atom stereocenters. The summed E-state index contributed by atoms with van der Waals surface area (Å²) in [5.74, 6) is -0.336. The molecule has 0 fully saturated rings. The van der Waals surface area contributed by atoms with E-state index in [2.05, 4.69) is 10.1 Å². The summed E-state index contributed by atoms with van der Waals surface area (Å²) in [6.45, 7) is 0.362. The maximum absolute atomic E-state index is 11.1. The largest absolute Gasteiger partial charge is 0.469 e.